The van der Waals surface area contributed by atoms with Gasteiger partial charge in [-0.05, 0) is 37.6 Å². The maximum Gasteiger partial charge on any atom is 0.258 e. The van der Waals surface area contributed by atoms with E-state index in [1.165, 1.54) is 6.42 Å². The molecule has 1 aliphatic heterocycles. The van der Waals surface area contributed by atoms with Crippen LogP contribution in [0.15, 0.2) is 40.4 Å². The Labute approximate surface area is 149 Å². The first kappa shape index (κ1) is 15.9. The highest BCUT2D eigenvalue weighted by Gasteiger charge is 2.28. The predicted octanol–water partition coefficient (Wildman–Crippen LogP) is 3.79. The van der Waals surface area contributed by atoms with Crippen LogP contribution in [0.1, 0.15) is 41.7 Å². The molecule has 1 fully saturated rings. The standard InChI is InChI=1S/C18H17N5OS/c19-11-13-4-3-5-14(10-13)18-21-17(22-24-18)15-6-1-2-8-23(15)12-16-20-7-9-25-16/h3-5,7,9-10,15H,1-2,6,8,12H2/t15-/m0/s1. The lowest BCUT2D eigenvalue weighted by atomic mass is 10.0. The van der Waals surface area contributed by atoms with Crippen LogP contribution in [0.4, 0.5) is 0 Å². The normalized spacial score (nSPS) is 18.1. The fourth-order valence-electron chi connectivity index (χ4n) is 3.19. The Balaban J connectivity index is 1.58. The molecule has 2 aromatic heterocycles. The Morgan fingerprint density at radius 2 is 2.32 bits per heavy atom. The molecular formula is C18H17N5OS. The van der Waals surface area contributed by atoms with Crippen molar-refractivity contribution in [3.05, 3.63) is 52.2 Å². The molecule has 25 heavy (non-hydrogen) atoms. The van der Waals surface area contributed by atoms with Crippen molar-refractivity contribution in [2.75, 3.05) is 6.54 Å². The van der Waals surface area contributed by atoms with Crippen molar-refractivity contribution in [1.82, 2.24) is 20.0 Å². The van der Waals surface area contributed by atoms with Crippen LogP contribution in [0.5, 0.6) is 0 Å². The van der Waals surface area contributed by atoms with Crippen LogP contribution in [-0.4, -0.2) is 26.6 Å². The van der Waals surface area contributed by atoms with E-state index >= 15 is 0 Å². The van der Waals surface area contributed by atoms with Crippen molar-refractivity contribution in [2.45, 2.75) is 31.8 Å². The number of piperidine rings is 1. The molecule has 1 aromatic carbocycles. The summed E-state index contributed by atoms with van der Waals surface area (Å²) in [5, 5.41) is 16.4. The summed E-state index contributed by atoms with van der Waals surface area (Å²) < 4.78 is 5.48. The summed E-state index contributed by atoms with van der Waals surface area (Å²) in [7, 11) is 0. The summed E-state index contributed by atoms with van der Waals surface area (Å²) in [6.45, 7) is 1.83. The Hall–Kier alpha value is -2.56. The number of benzene rings is 1. The Kier molecular flexibility index (Phi) is 4.55. The molecule has 0 radical (unpaired) electrons. The van der Waals surface area contributed by atoms with Gasteiger partial charge < -0.3 is 4.52 Å². The minimum atomic E-state index is 0.147. The highest BCUT2D eigenvalue weighted by molar-refractivity contribution is 7.09. The monoisotopic (exact) mass is 351 g/mol. The van der Waals surface area contributed by atoms with Crippen LogP contribution in [0.3, 0.4) is 0 Å². The second-order valence-corrected chi connectivity index (χ2v) is 7.04. The van der Waals surface area contributed by atoms with Crippen LogP contribution in [0.2, 0.25) is 0 Å². The molecule has 0 amide bonds. The number of hydrogen-bond acceptors (Lipinski definition) is 7. The lowest BCUT2D eigenvalue weighted by molar-refractivity contribution is 0.131. The predicted molar refractivity (Wildman–Crippen MR) is 93.6 cm³/mol. The summed E-state index contributed by atoms with van der Waals surface area (Å²) in [5.41, 5.74) is 1.36. The second kappa shape index (κ2) is 7.13. The van der Waals surface area contributed by atoms with E-state index in [1.54, 1.807) is 23.5 Å². The van der Waals surface area contributed by atoms with Crippen LogP contribution in [0, 0.1) is 11.3 Å². The summed E-state index contributed by atoms with van der Waals surface area (Å²) in [4.78, 5) is 11.4. The maximum absolute atomic E-state index is 9.05. The van der Waals surface area contributed by atoms with Gasteiger partial charge in [-0.15, -0.1) is 11.3 Å². The quantitative estimate of drug-likeness (QED) is 0.711. The molecule has 6 nitrogen and oxygen atoms in total. The average molecular weight is 351 g/mol. The molecule has 1 atom stereocenters. The minimum Gasteiger partial charge on any atom is -0.334 e. The van der Waals surface area contributed by atoms with E-state index in [4.69, 9.17) is 9.78 Å². The number of likely N-dealkylation sites (tertiary alicyclic amines) is 1. The molecule has 0 N–H and O–H groups in total. The zero-order valence-electron chi connectivity index (χ0n) is 13.6. The maximum atomic E-state index is 9.05. The van der Waals surface area contributed by atoms with Crippen LogP contribution >= 0.6 is 11.3 Å². The molecule has 126 valence electrons. The zero-order valence-corrected chi connectivity index (χ0v) is 14.4. The highest BCUT2D eigenvalue weighted by Crippen LogP contribution is 2.32. The molecule has 4 rings (SSSR count). The number of nitriles is 1. The zero-order chi connectivity index (χ0) is 17.1. The molecule has 0 aliphatic carbocycles. The van der Waals surface area contributed by atoms with Crippen molar-refractivity contribution in [2.24, 2.45) is 0 Å². The first-order valence-electron chi connectivity index (χ1n) is 8.30. The van der Waals surface area contributed by atoms with Crippen LogP contribution in [-0.2, 0) is 6.54 Å². The first-order chi connectivity index (χ1) is 12.3. The lowest BCUT2D eigenvalue weighted by Gasteiger charge is -2.32. The van der Waals surface area contributed by atoms with Crippen molar-refractivity contribution in [3.8, 4) is 17.5 Å². The number of rotatable bonds is 4. The SMILES string of the molecule is N#Cc1cccc(-c2nc([C@@H]3CCCCN3Cc3nccs3)no2)c1. The third kappa shape index (κ3) is 3.45. The van der Waals surface area contributed by atoms with Crippen molar-refractivity contribution in [1.29, 1.82) is 5.26 Å². The largest absolute Gasteiger partial charge is 0.334 e. The van der Waals surface area contributed by atoms with E-state index in [0.717, 1.165) is 36.5 Å². The van der Waals surface area contributed by atoms with Gasteiger partial charge in [-0.3, -0.25) is 4.90 Å². The number of hydrogen-bond donors (Lipinski definition) is 0. The van der Waals surface area contributed by atoms with Crippen molar-refractivity contribution in [3.63, 3.8) is 0 Å². The summed E-state index contributed by atoms with van der Waals surface area (Å²) in [6.07, 6.45) is 5.19. The van der Waals surface area contributed by atoms with Gasteiger partial charge in [0, 0.05) is 17.1 Å². The molecule has 0 spiro atoms. The molecule has 0 bridgehead atoms. The van der Waals surface area contributed by atoms with Gasteiger partial charge in [-0.1, -0.05) is 17.6 Å². The van der Waals surface area contributed by atoms with Gasteiger partial charge in [-0.25, -0.2) is 4.98 Å². The molecule has 3 aromatic rings. The van der Waals surface area contributed by atoms with Gasteiger partial charge in [0.1, 0.15) is 5.01 Å². The van der Waals surface area contributed by atoms with Gasteiger partial charge in [0.05, 0.1) is 24.2 Å². The molecular weight excluding hydrogens is 334 g/mol. The highest BCUT2D eigenvalue weighted by atomic mass is 32.1. The molecule has 0 saturated carbocycles. The topological polar surface area (TPSA) is 78.8 Å². The molecule has 7 heteroatoms. The Morgan fingerprint density at radius 3 is 3.16 bits per heavy atom. The van der Waals surface area contributed by atoms with E-state index in [9.17, 15) is 0 Å². The van der Waals surface area contributed by atoms with E-state index in [1.807, 2.05) is 23.7 Å². The van der Waals surface area contributed by atoms with Crippen LogP contribution in [0.25, 0.3) is 11.5 Å². The van der Waals surface area contributed by atoms with E-state index in [0.29, 0.717) is 17.3 Å². The third-order valence-electron chi connectivity index (χ3n) is 4.41. The molecule has 1 saturated heterocycles. The fourth-order valence-corrected chi connectivity index (χ4v) is 3.83. The Bertz CT molecular complexity index is 883. The molecule has 0 unspecified atom stereocenters. The van der Waals surface area contributed by atoms with E-state index in [2.05, 4.69) is 26.1 Å². The number of nitrogens with zero attached hydrogens (tertiary/aromatic N) is 5. The average Bonchev–Trinajstić information content (AvgIpc) is 3.34. The second-order valence-electron chi connectivity index (χ2n) is 6.06. The smallest absolute Gasteiger partial charge is 0.258 e. The van der Waals surface area contributed by atoms with Gasteiger partial charge >= 0.3 is 0 Å². The molecule has 1 aliphatic rings. The summed E-state index contributed by atoms with van der Waals surface area (Å²) in [5.74, 6) is 1.18. The minimum absolute atomic E-state index is 0.147. The first-order valence-corrected chi connectivity index (χ1v) is 9.18. The Morgan fingerprint density at radius 1 is 1.36 bits per heavy atom. The van der Waals surface area contributed by atoms with Gasteiger partial charge in [-0.2, -0.15) is 10.2 Å². The van der Waals surface area contributed by atoms with Gasteiger partial charge in [0.15, 0.2) is 5.82 Å². The lowest BCUT2D eigenvalue weighted by Crippen LogP contribution is -2.33. The van der Waals surface area contributed by atoms with Gasteiger partial charge in [0.25, 0.3) is 5.89 Å². The van der Waals surface area contributed by atoms with E-state index in [-0.39, 0.29) is 6.04 Å². The molecule has 3 heterocycles. The summed E-state index contributed by atoms with van der Waals surface area (Å²) >= 11 is 1.67. The van der Waals surface area contributed by atoms with Gasteiger partial charge in [0.2, 0.25) is 0 Å². The van der Waals surface area contributed by atoms with Crippen molar-refractivity contribution < 1.29 is 4.52 Å². The fraction of sp³-hybridized carbons (Fsp3) is 0.333. The third-order valence-corrected chi connectivity index (χ3v) is 5.18. The van der Waals surface area contributed by atoms with Crippen molar-refractivity contribution >= 4 is 11.3 Å². The van der Waals surface area contributed by atoms with Crippen LogP contribution < -0.4 is 0 Å². The number of aromatic nitrogens is 3. The van der Waals surface area contributed by atoms with E-state index < -0.39 is 0 Å². The number of thiazole rings is 1. The summed E-state index contributed by atoms with van der Waals surface area (Å²) in [6, 6.07) is 9.52.